The fourth-order valence-electron chi connectivity index (χ4n) is 12.7. The standard InChI is InChI=1S/C77H53N7O4/c1-85-65-30-18-53(19-31-65)49-2-10-57(11-3-49)61-26-38-69-71-40-28-63(59-14-6-51(7-15-59)55-22-34-67(35-23-55)87-47-81-83-79)44-75(71)77(73(69)42-61)74-43-62(58-12-4-50(5-13-58)54-20-32-66(33-21-54)86-46-78)27-39-70(74)72-41-29-64(45-76(72)77)60-16-8-52(9-17-60)56-24-36-68(37-25-56)88-48-82-84-80/h2-46,78H,47-48H2,1H3. The van der Waals surface area contributed by atoms with Gasteiger partial charge in [0.25, 0.3) is 0 Å². The second-order valence-electron chi connectivity index (χ2n) is 21.6. The van der Waals surface area contributed by atoms with Crippen LogP contribution in [0.5, 0.6) is 23.0 Å². The van der Waals surface area contributed by atoms with Gasteiger partial charge in [0, 0.05) is 9.82 Å². The Morgan fingerprint density at radius 3 is 0.773 bits per heavy atom. The summed E-state index contributed by atoms with van der Waals surface area (Å²) < 4.78 is 22.0. The molecule has 0 fully saturated rings. The zero-order valence-electron chi connectivity index (χ0n) is 47.7. The quantitative estimate of drug-likeness (QED) is 0.0316. The Balaban J connectivity index is 0.923. The van der Waals surface area contributed by atoms with E-state index < -0.39 is 5.41 Å². The summed E-state index contributed by atoms with van der Waals surface area (Å²) in [4.78, 5) is 5.59. The first-order chi connectivity index (χ1) is 43.4. The lowest BCUT2D eigenvalue weighted by molar-refractivity contribution is 0.329. The molecular weight excluding hydrogens is 1090 g/mol. The second kappa shape index (κ2) is 23.3. The van der Waals surface area contributed by atoms with Gasteiger partial charge in [0.05, 0.1) is 12.5 Å². The van der Waals surface area contributed by atoms with Crippen molar-refractivity contribution in [1.82, 2.24) is 0 Å². The summed E-state index contributed by atoms with van der Waals surface area (Å²) in [5, 5.41) is 14.4. The third-order valence-electron chi connectivity index (χ3n) is 17.0. The Morgan fingerprint density at radius 2 is 0.534 bits per heavy atom. The van der Waals surface area contributed by atoms with Crippen molar-refractivity contribution in [2.45, 2.75) is 5.41 Å². The Hall–Kier alpha value is -11.9. The average Bonchev–Trinajstić information content (AvgIpc) is 1.51. The largest absolute Gasteiger partial charge is 0.497 e. The van der Waals surface area contributed by atoms with Crippen molar-refractivity contribution in [2.75, 3.05) is 20.6 Å². The molecule has 1 unspecified atom stereocenters. The zero-order chi connectivity index (χ0) is 59.6. The molecule has 1 atom stereocenters. The van der Waals surface area contributed by atoms with Crippen LogP contribution in [0.4, 0.5) is 0 Å². The van der Waals surface area contributed by atoms with E-state index in [2.05, 4.69) is 202 Å². The highest BCUT2D eigenvalue weighted by Crippen LogP contribution is 2.64. The van der Waals surface area contributed by atoms with Gasteiger partial charge < -0.3 is 18.9 Å². The van der Waals surface area contributed by atoms with Gasteiger partial charge in [0.15, 0.2) is 19.9 Å². The van der Waals surface area contributed by atoms with E-state index in [1.54, 1.807) is 7.11 Å². The van der Waals surface area contributed by atoms with Crippen LogP contribution in [0.2, 0.25) is 0 Å². The normalized spacial score (nSPS) is 13.0. The molecule has 0 radical (unpaired) electrons. The Bertz CT molecular complexity index is 4590. The minimum Gasteiger partial charge on any atom is -0.497 e. The van der Waals surface area contributed by atoms with Gasteiger partial charge in [-0.15, -0.1) is 0 Å². The molecular formula is C77H53N7O4. The van der Waals surface area contributed by atoms with Gasteiger partial charge in [-0.05, 0) is 217 Å². The third-order valence-corrected chi connectivity index (χ3v) is 17.0. The molecule has 11 nitrogen and oxygen atoms in total. The molecule has 12 aromatic rings. The summed E-state index contributed by atoms with van der Waals surface area (Å²) in [5.41, 5.74) is 43.8. The maximum atomic E-state index is 8.72. The van der Waals surface area contributed by atoms with Gasteiger partial charge in [0.2, 0.25) is 0 Å². The number of rotatable bonds is 17. The lowest BCUT2D eigenvalue weighted by Gasteiger charge is -2.32. The summed E-state index contributed by atoms with van der Waals surface area (Å²) in [6.45, 7) is -0.140. The molecule has 2 aliphatic carbocycles. The summed E-state index contributed by atoms with van der Waals surface area (Å²) in [6.07, 6.45) is 0.944. The number of nitrogens with zero attached hydrogens (tertiary/aromatic N) is 6. The van der Waals surface area contributed by atoms with Crippen LogP contribution >= 0.6 is 0 Å². The van der Waals surface area contributed by atoms with Gasteiger partial charge >= 0.3 is 0 Å². The number of methoxy groups -OCH3 is 1. The number of fused-ring (bicyclic) bond motifs is 10. The van der Waals surface area contributed by atoms with E-state index in [0.29, 0.717) is 17.2 Å². The molecule has 88 heavy (non-hydrogen) atoms. The number of hydrogen-bond donors (Lipinski definition) is 1. The first kappa shape index (κ1) is 54.1. The molecule has 1 spiro atoms. The van der Waals surface area contributed by atoms with E-state index in [1.165, 1.54) is 44.5 Å². The second-order valence-corrected chi connectivity index (χ2v) is 21.6. The summed E-state index contributed by atoms with van der Waals surface area (Å²) in [7, 11) is 1.69. The van der Waals surface area contributed by atoms with Crippen LogP contribution in [-0.4, -0.2) is 27.0 Å². The molecule has 420 valence electrons. The molecule has 0 bridgehead atoms. The molecule has 0 saturated heterocycles. The van der Waals surface area contributed by atoms with Crippen LogP contribution in [0.25, 0.3) is 132 Å². The predicted octanol–water partition coefficient (Wildman–Crippen LogP) is 20.7. The van der Waals surface area contributed by atoms with E-state index >= 15 is 0 Å². The van der Waals surface area contributed by atoms with Crippen molar-refractivity contribution in [3.05, 3.63) is 310 Å². The van der Waals surface area contributed by atoms with Crippen LogP contribution in [-0.2, 0) is 5.41 Å². The topological polar surface area (TPSA) is 158 Å². The monoisotopic (exact) mass is 1140 g/mol. The Labute approximate surface area is 508 Å². The fraction of sp³-hybridized carbons (Fsp3) is 0.0519. The number of azide groups is 2. The molecule has 12 aromatic carbocycles. The van der Waals surface area contributed by atoms with Gasteiger partial charge in [-0.3, -0.25) is 5.41 Å². The highest BCUT2D eigenvalue weighted by Gasteiger charge is 2.52. The minimum absolute atomic E-state index is 0.0701. The van der Waals surface area contributed by atoms with Crippen LogP contribution < -0.4 is 18.9 Å². The molecule has 0 aromatic heterocycles. The number of ether oxygens (including phenoxy) is 4. The zero-order valence-corrected chi connectivity index (χ0v) is 47.7. The lowest BCUT2D eigenvalue weighted by Crippen LogP contribution is -2.26. The van der Waals surface area contributed by atoms with Gasteiger partial charge in [0.1, 0.15) is 23.0 Å². The molecule has 11 heteroatoms. The molecule has 0 amide bonds. The number of hydrogen-bond acceptors (Lipinski definition) is 7. The van der Waals surface area contributed by atoms with E-state index in [9.17, 15) is 0 Å². The van der Waals surface area contributed by atoms with Gasteiger partial charge in [-0.1, -0.05) is 204 Å². The van der Waals surface area contributed by atoms with Gasteiger partial charge in [-0.2, -0.15) is 0 Å². The third kappa shape index (κ3) is 10.00. The first-order valence-electron chi connectivity index (χ1n) is 28.8. The van der Waals surface area contributed by atoms with Crippen molar-refractivity contribution in [2.24, 2.45) is 10.2 Å². The van der Waals surface area contributed by atoms with E-state index in [0.717, 1.165) is 101 Å². The SMILES string of the molecule is COc1ccc(-c2ccc(-c3ccc4c(c3)C3(c5cc(-c6ccc(-c7ccc(OC=N)cc7)cc6)ccc5-c5ccc(-c6ccc(-c7ccc(OCN=[N+]=[N-])cc7)cc6)cc53)c3cc(-c5ccc(-c6ccc(OCN=[N+]=[N-])cc6)cc5)ccc3-4)cc2)cc1. The van der Waals surface area contributed by atoms with Crippen molar-refractivity contribution in [3.8, 4) is 134 Å². The Kier molecular flexibility index (Phi) is 14.3. The average molecular weight is 1140 g/mol. The van der Waals surface area contributed by atoms with E-state index in [1.807, 2.05) is 84.9 Å². The summed E-state index contributed by atoms with van der Waals surface area (Å²) in [6, 6.07) is 95.0. The summed E-state index contributed by atoms with van der Waals surface area (Å²) in [5.74, 6) is 2.70. The van der Waals surface area contributed by atoms with Crippen LogP contribution in [0.3, 0.4) is 0 Å². The molecule has 14 rings (SSSR count). The summed E-state index contributed by atoms with van der Waals surface area (Å²) >= 11 is 0. The van der Waals surface area contributed by atoms with Crippen LogP contribution in [0.1, 0.15) is 22.3 Å². The fourth-order valence-corrected chi connectivity index (χ4v) is 12.7. The highest BCUT2D eigenvalue weighted by molar-refractivity contribution is 5.99. The van der Waals surface area contributed by atoms with E-state index in [-0.39, 0.29) is 13.5 Å². The molecule has 1 N–H and O–H groups in total. The lowest BCUT2D eigenvalue weighted by atomic mass is 9.69. The number of benzene rings is 12. The predicted molar refractivity (Wildman–Crippen MR) is 351 cm³/mol. The van der Waals surface area contributed by atoms with Gasteiger partial charge in [-0.25, -0.2) is 0 Å². The molecule has 0 heterocycles. The first-order valence-corrected chi connectivity index (χ1v) is 28.8. The minimum atomic E-state index is -0.763. The van der Waals surface area contributed by atoms with E-state index in [4.69, 9.17) is 35.4 Å². The van der Waals surface area contributed by atoms with Crippen LogP contribution in [0.15, 0.2) is 277 Å². The molecule has 2 aliphatic rings. The maximum Gasteiger partial charge on any atom is 0.173 e. The molecule has 0 aliphatic heterocycles. The van der Waals surface area contributed by atoms with Crippen LogP contribution in [0, 0.1) is 5.41 Å². The highest BCUT2D eigenvalue weighted by atomic mass is 16.5. The Morgan fingerprint density at radius 1 is 0.318 bits per heavy atom. The number of nitrogens with one attached hydrogen (secondary N) is 1. The van der Waals surface area contributed by atoms with Crippen molar-refractivity contribution in [3.63, 3.8) is 0 Å². The van der Waals surface area contributed by atoms with Crippen molar-refractivity contribution < 1.29 is 18.9 Å². The molecule has 0 saturated carbocycles. The maximum absolute atomic E-state index is 8.72. The van der Waals surface area contributed by atoms with Crippen molar-refractivity contribution >= 4 is 6.40 Å². The smallest absolute Gasteiger partial charge is 0.173 e. The van der Waals surface area contributed by atoms with Crippen molar-refractivity contribution in [1.29, 1.82) is 5.41 Å².